The Morgan fingerprint density at radius 2 is 1.89 bits per heavy atom. The summed E-state index contributed by atoms with van der Waals surface area (Å²) in [5.41, 5.74) is 9.52. The lowest BCUT2D eigenvalue weighted by Gasteiger charge is -2.16. The van der Waals surface area contributed by atoms with Gasteiger partial charge in [-0.2, -0.15) is 0 Å². The van der Waals surface area contributed by atoms with Gasteiger partial charge in [-0.15, -0.1) is 0 Å². The van der Waals surface area contributed by atoms with E-state index in [9.17, 15) is 0 Å². The normalized spacial score (nSPS) is 12.5. The second kappa shape index (κ2) is 6.27. The van der Waals surface area contributed by atoms with Crippen LogP contribution < -0.4 is 5.73 Å². The highest BCUT2D eigenvalue weighted by molar-refractivity contribution is 9.10. The Balaban J connectivity index is 2.23. The maximum atomic E-state index is 6.27. The molecule has 0 aliphatic rings. The molecule has 0 fully saturated rings. The van der Waals surface area contributed by atoms with Crippen molar-refractivity contribution in [1.29, 1.82) is 0 Å². The molecule has 2 aromatic rings. The van der Waals surface area contributed by atoms with Crippen molar-refractivity contribution < 1.29 is 0 Å². The standard InChI is InChI=1S/C15H14BrCl2N/c1-9-6-12(17)4-5-13(9)15(19)7-10-2-3-11(16)8-14(10)18/h2-6,8,15H,7,19H2,1H3. The van der Waals surface area contributed by atoms with Crippen LogP contribution in [0.1, 0.15) is 22.7 Å². The van der Waals surface area contributed by atoms with Crippen LogP contribution in [0.3, 0.4) is 0 Å². The number of hydrogen-bond acceptors (Lipinski definition) is 1. The van der Waals surface area contributed by atoms with Crippen molar-refractivity contribution in [2.24, 2.45) is 5.73 Å². The van der Waals surface area contributed by atoms with Crippen molar-refractivity contribution in [3.63, 3.8) is 0 Å². The predicted octanol–water partition coefficient (Wildman–Crippen LogP) is 5.31. The van der Waals surface area contributed by atoms with E-state index in [0.717, 1.165) is 31.2 Å². The maximum absolute atomic E-state index is 6.27. The highest BCUT2D eigenvalue weighted by Gasteiger charge is 2.12. The Bertz CT molecular complexity index is 599. The molecule has 100 valence electrons. The smallest absolute Gasteiger partial charge is 0.0449 e. The van der Waals surface area contributed by atoms with E-state index in [-0.39, 0.29) is 6.04 Å². The summed E-state index contributed by atoms with van der Waals surface area (Å²) >= 11 is 15.6. The summed E-state index contributed by atoms with van der Waals surface area (Å²) in [4.78, 5) is 0. The van der Waals surface area contributed by atoms with E-state index in [4.69, 9.17) is 28.9 Å². The van der Waals surface area contributed by atoms with Crippen LogP contribution in [-0.2, 0) is 6.42 Å². The van der Waals surface area contributed by atoms with Crippen LogP contribution >= 0.6 is 39.1 Å². The van der Waals surface area contributed by atoms with E-state index in [1.54, 1.807) is 0 Å². The first-order valence-corrected chi connectivity index (χ1v) is 7.48. The van der Waals surface area contributed by atoms with Gasteiger partial charge in [0.05, 0.1) is 0 Å². The summed E-state index contributed by atoms with van der Waals surface area (Å²) < 4.78 is 0.970. The number of hydrogen-bond donors (Lipinski definition) is 1. The molecular weight excluding hydrogens is 345 g/mol. The van der Waals surface area contributed by atoms with Crippen molar-refractivity contribution in [2.45, 2.75) is 19.4 Å². The molecule has 0 aliphatic carbocycles. The molecule has 4 heteroatoms. The van der Waals surface area contributed by atoms with Crippen molar-refractivity contribution in [3.8, 4) is 0 Å². The lowest BCUT2D eigenvalue weighted by molar-refractivity contribution is 0.717. The van der Waals surface area contributed by atoms with Crippen LogP contribution in [0.2, 0.25) is 10.0 Å². The van der Waals surface area contributed by atoms with Crippen LogP contribution in [0.5, 0.6) is 0 Å². The topological polar surface area (TPSA) is 26.0 Å². The van der Waals surface area contributed by atoms with E-state index < -0.39 is 0 Å². The minimum Gasteiger partial charge on any atom is -0.324 e. The zero-order chi connectivity index (χ0) is 14.0. The average Bonchev–Trinajstić information content (AvgIpc) is 2.32. The Hall–Kier alpha value is -0.540. The minimum absolute atomic E-state index is 0.0871. The lowest BCUT2D eigenvalue weighted by atomic mass is 9.96. The van der Waals surface area contributed by atoms with Gasteiger partial charge in [-0.25, -0.2) is 0 Å². The molecule has 0 spiro atoms. The second-order valence-electron chi connectivity index (χ2n) is 4.55. The van der Waals surface area contributed by atoms with Gasteiger partial charge in [0.15, 0.2) is 0 Å². The molecule has 2 aromatic carbocycles. The summed E-state index contributed by atoms with van der Waals surface area (Å²) in [5, 5.41) is 1.46. The van der Waals surface area contributed by atoms with Gasteiger partial charge in [-0.1, -0.05) is 51.3 Å². The predicted molar refractivity (Wildman–Crippen MR) is 86.0 cm³/mol. The monoisotopic (exact) mass is 357 g/mol. The first-order chi connectivity index (χ1) is 8.97. The third-order valence-electron chi connectivity index (χ3n) is 3.09. The fourth-order valence-electron chi connectivity index (χ4n) is 2.09. The zero-order valence-electron chi connectivity index (χ0n) is 10.5. The molecule has 19 heavy (non-hydrogen) atoms. The largest absolute Gasteiger partial charge is 0.324 e. The van der Waals surface area contributed by atoms with Gasteiger partial charge in [-0.3, -0.25) is 0 Å². The van der Waals surface area contributed by atoms with E-state index in [0.29, 0.717) is 6.42 Å². The van der Waals surface area contributed by atoms with E-state index >= 15 is 0 Å². The summed E-state index contributed by atoms with van der Waals surface area (Å²) in [5.74, 6) is 0. The highest BCUT2D eigenvalue weighted by Crippen LogP contribution is 2.27. The van der Waals surface area contributed by atoms with Crippen LogP contribution in [0.4, 0.5) is 0 Å². The number of nitrogens with two attached hydrogens (primary N) is 1. The van der Waals surface area contributed by atoms with Crippen molar-refractivity contribution in [1.82, 2.24) is 0 Å². The molecule has 0 radical (unpaired) electrons. The quantitative estimate of drug-likeness (QED) is 0.790. The van der Waals surface area contributed by atoms with E-state index in [1.165, 1.54) is 0 Å². The first kappa shape index (κ1) is 14.9. The zero-order valence-corrected chi connectivity index (χ0v) is 13.6. The Morgan fingerprint density at radius 1 is 1.16 bits per heavy atom. The van der Waals surface area contributed by atoms with Gasteiger partial charge in [0.2, 0.25) is 0 Å². The number of benzene rings is 2. The van der Waals surface area contributed by atoms with Gasteiger partial charge < -0.3 is 5.73 Å². The molecule has 0 amide bonds. The fraction of sp³-hybridized carbons (Fsp3) is 0.200. The van der Waals surface area contributed by atoms with E-state index in [1.807, 2.05) is 43.3 Å². The first-order valence-electron chi connectivity index (χ1n) is 5.93. The lowest BCUT2D eigenvalue weighted by Crippen LogP contribution is -2.14. The molecule has 1 nitrogen and oxygen atoms in total. The van der Waals surface area contributed by atoms with Gasteiger partial charge in [0, 0.05) is 20.6 Å². The molecule has 1 atom stereocenters. The minimum atomic E-state index is -0.0871. The van der Waals surface area contributed by atoms with Gasteiger partial charge in [-0.05, 0) is 54.3 Å². The van der Waals surface area contributed by atoms with Crippen molar-refractivity contribution >= 4 is 39.1 Å². The molecule has 0 saturated carbocycles. The van der Waals surface area contributed by atoms with Crippen molar-refractivity contribution in [2.75, 3.05) is 0 Å². The summed E-state index contributed by atoms with van der Waals surface area (Å²) in [7, 11) is 0. The van der Waals surface area contributed by atoms with Crippen LogP contribution in [0.25, 0.3) is 0 Å². The second-order valence-corrected chi connectivity index (χ2v) is 6.31. The SMILES string of the molecule is Cc1cc(Cl)ccc1C(N)Cc1ccc(Br)cc1Cl. The summed E-state index contributed by atoms with van der Waals surface area (Å²) in [6.07, 6.45) is 0.703. The fourth-order valence-corrected chi connectivity index (χ4v) is 3.07. The van der Waals surface area contributed by atoms with Crippen molar-refractivity contribution in [3.05, 3.63) is 67.6 Å². The Labute approximate surface area is 131 Å². The van der Waals surface area contributed by atoms with Crippen LogP contribution in [0.15, 0.2) is 40.9 Å². The van der Waals surface area contributed by atoms with Gasteiger partial charge in [0.1, 0.15) is 0 Å². The summed E-state index contributed by atoms with van der Waals surface area (Å²) in [6, 6.07) is 11.6. The van der Waals surface area contributed by atoms with Gasteiger partial charge >= 0.3 is 0 Å². The third-order valence-corrected chi connectivity index (χ3v) is 4.17. The molecule has 0 bridgehead atoms. The van der Waals surface area contributed by atoms with Gasteiger partial charge in [0.25, 0.3) is 0 Å². The molecule has 0 aromatic heterocycles. The van der Waals surface area contributed by atoms with Crippen LogP contribution in [-0.4, -0.2) is 0 Å². The third kappa shape index (κ3) is 3.73. The molecule has 1 unspecified atom stereocenters. The number of rotatable bonds is 3. The molecule has 2 rings (SSSR count). The molecule has 0 heterocycles. The Kier molecular flexibility index (Phi) is 4.91. The average molecular weight is 359 g/mol. The molecule has 2 N–H and O–H groups in total. The maximum Gasteiger partial charge on any atom is 0.0449 e. The number of aryl methyl sites for hydroxylation is 1. The van der Waals surface area contributed by atoms with Crippen LogP contribution in [0, 0.1) is 6.92 Å². The molecular formula is C15H14BrCl2N. The summed E-state index contributed by atoms with van der Waals surface area (Å²) in [6.45, 7) is 2.02. The molecule has 0 aliphatic heterocycles. The Morgan fingerprint density at radius 3 is 2.53 bits per heavy atom. The highest BCUT2D eigenvalue weighted by atomic mass is 79.9. The molecule has 0 saturated heterocycles. The van der Waals surface area contributed by atoms with E-state index in [2.05, 4.69) is 15.9 Å². The number of halogens is 3.